The maximum atomic E-state index is 4.35. The van der Waals surface area contributed by atoms with Gasteiger partial charge < -0.3 is 9.88 Å². The van der Waals surface area contributed by atoms with E-state index in [0.29, 0.717) is 12.0 Å². The van der Waals surface area contributed by atoms with Crippen molar-refractivity contribution in [3.05, 3.63) is 18.2 Å². The maximum Gasteiger partial charge on any atom is 0.111 e. The Hall–Kier alpha value is -0.830. The Labute approximate surface area is 72.8 Å². The van der Waals surface area contributed by atoms with Crippen molar-refractivity contribution in [3.63, 3.8) is 0 Å². The van der Waals surface area contributed by atoms with Crippen LogP contribution in [-0.2, 0) is 0 Å². The van der Waals surface area contributed by atoms with Crippen molar-refractivity contribution in [3.8, 4) is 0 Å². The summed E-state index contributed by atoms with van der Waals surface area (Å²) in [4.78, 5) is 4.35. The molecule has 66 valence electrons. The molecular weight excluding hydrogens is 150 g/mol. The average Bonchev–Trinajstić information content (AvgIpc) is 2.31. The summed E-state index contributed by atoms with van der Waals surface area (Å²) in [6, 6.07) is 0.643. The molecule has 1 saturated heterocycles. The highest BCUT2D eigenvalue weighted by molar-refractivity contribution is 5.02. The van der Waals surface area contributed by atoms with Crippen LogP contribution >= 0.6 is 0 Å². The van der Waals surface area contributed by atoms with E-state index < -0.39 is 0 Å². The predicted molar refractivity (Wildman–Crippen MR) is 48.2 cm³/mol. The molecule has 0 saturated carbocycles. The molecule has 1 aliphatic rings. The van der Waals surface area contributed by atoms with E-state index in [1.165, 1.54) is 5.82 Å². The number of imidazole rings is 1. The van der Waals surface area contributed by atoms with Gasteiger partial charge in [0.05, 0.1) is 6.04 Å². The summed E-state index contributed by atoms with van der Waals surface area (Å²) in [5.41, 5.74) is 0. The van der Waals surface area contributed by atoms with Crippen LogP contribution in [-0.4, -0.2) is 22.6 Å². The number of rotatable bonds is 2. The maximum absolute atomic E-state index is 4.35. The van der Waals surface area contributed by atoms with E-state index >= 15 is 0 Å². The lowest BCUT2D eigenvalue weighted by atomic mass is 10.1. The van der Waals surface area contributed by atoms with Crippen molar-refractivity contribution >= 4 is 0 Å². The second-order valence-electron chi connectivity index (χ2n) is 3.66. The van der Waals surface area contributed by atoms with Gasteiger partial charge in [-0.2, -0.15) is 0 Å². The van der Waals surface area contributed by atoms with E-state index in [0.717, 1.165) is 13.1 Å². The summed E-state index contributed by atoms with van der Waals surface area (Å²) in [5.74, 6) is 1.74. The quantitative estimate of drug-likeness (QED) is 0.712. The topological polar surface area (TPSA) is 29.9 Å². The first-order valence-electron chi connectivity index (χ1n) is 4.52. The van der Waals surface area contributed by atoms with Crippen LogP contribution in [0.3, 0.4) is 0 Å². The Morgan fingerprint density at radius 2 is 2.33 bits per heavy atom. The van der Waals surface area contributed by atoms with Crippen LogP contribution in [0.4, 0.5) is 0 Å². The molecule has 3 heteroatoms. The van der Waals surface area contributed by atoms with Crippen LogP contribution < -0.4 is 5.32 Å². The number of nitrogens with one attached hydrogen (secondary N) is 1. The monoisotopic (exact) mass is 165 g/mol. The first-order chi connectivity index (χ1) is 5.79. The Kier molecular flexibility index (Phi) is 1.89. The van der Waals surface area contributed by atoms with E-state index in [2.05, 4.69) is 34.9 Å². The highest BCUT2D eigenvalue weighted by Crippen LogP contribution is 2.19. The van der Waals surface area contributed by atoms with E-state index in [1.54, 1.807) is 0 Å². The normalized spacial score (nSPS) is 18.2. The van der Waals surface area contributed by atoms with E-state index in [-0.39, 0.29) is 0 Å². The van der Waals surface area contributed by atoms with Crippen molar-refractivity contribution < 1.29 is 0 Å². The highest BCUT2D eigenvalue weighted by Gasteiger charge is 2.21. The second kappa shape index (κ2) is 2.90. The van der Waals surface area contributed by atoms with Crippen molar-refractivity contribution in [2.24, 2.45) is 0 Å². The molecule has 0 bridgehead atoms. The predicted octanol–water partition coefficient (Wildman–Crippen LogP) is 1.15. The molecule has 1 N–H and O–H groups in total. The molecule has 1 fully saturated rings. The van der Waals surface area contributed by atoms with Crippen LogP contribution in [0.5, 0.6) is 0 Å². The van der Waals surface area contributed by atoms with E-state index in [4.69, 9.17) is 0 Å². The summed E-state index contributed by atoms with van der Waals surface area (Å²) < 4.78 is 2.29. The lowest BCUT2D eigenvalue weighted by Crippen LogP contribution is -2.43. The Morgan fingerprint density at radius 3 is 2.83 bits per heavy atom. The zero-order valence-electron chi connectivity index (χ0n) is 7.62. The van der Waals surface area contributed by atoms with Gasteiger partial charge in [-0.1, -0.05) is 13.8 Å². The molecule has 12 heavy (non-hydrogen) atoms. The SMILES string of the molecule is CC(C)c1nccn1C1CNC1. The molecule has 0 aliphatic carbocycles. The summed E-state index contributed by atoms with van der Waals surface area (Å²) in [5, 5.41) is 3.27. The molecule has 1 aliphatic heterocycles. The number of hydrogen-bond acceptors (Lipinski definition) is 2. The van der Waals surface area contributed by atoms with Crippen molar-refractivity contribution in [1.82, 2.24) is 14.9 Å². The van der Waals surface area contributed by atoms with Crippen molar-refractivity contribution in [2.45, 2.75) is 25.8 Å². The molecule has 0 amide bonds. The van der Waals surface area contributed by atoms with Gasteiger partial charge in [0.25, 0.3) is 0 Å². The molecule has 1 aromatic heterocycles. The molecule has 0 unspecified atom stereocenters. The first-order valence-corrected chi connectivity index (χ1v) is 4.52. The first kappa shape index (κ1) is 7.80. The fraction of sp³-hybridized carbons (Fsp3) is 0.667. The molecule has 0 aromatic carbocycles. The average molecular weight is 165 g/mol. The van der Waals surface area contributed by atoms with Crippen LogP contribution in [0.25, 0.3) is 0 Å². The molecule has 0 radical (unpaired) electrons. The van der Waals surface area contributed by atoms with Crippen molar-refractivity contribution in [2.75, 3.05) is 13.1 Å². The third kappa shape index (κ3) is 1.14. The molecule has 0 atom stereocenters. The molecule has 2 heterocycles. The minimum Gasteiger partial charge on any atom is -0.329 e. The molecule has 1 aromatic rings. The second-order valence-corrected chi connectivity index (χ2v) is 3.66. The smallest absolute Gasteiger partial charge is 0.111 e. The number of nitrogens with zero attached hydrogens (tertiary/aromatic N) is 2. The van der Waals surface area contributed by atoms with Gasteiger partial charge in [0.15, 0.2) is 0 Å². The summed E-state index contributed by atoms with van der Waals surface area (Å²) >= 11 is 0. The Balaban J connectivity index is 2.23. The van der Waals surface area contributed by atoms with Gasteiger partial charge >= 0.3 is 0 Å². The van der Waals surface area contributed by atoms with Crippen LogP contribution in [0.2, 0.25) is 0 Å². The lowest BCUT2D eigenvalue weighted by molar-refractivity contribution is 0.332. The molecule has 3 nitrogen and oxygen atoms in total. The minimum atomic E-state index is 0.528. The fourth-order valence-corrected chi connectivity index (χ4v) is 1.55. The van der Waals surface area contributed by atoms with Gasteiger partial charge in [0.1, 0.15) is 5.82 Å². The number of aromatic nitrogens is 2. The van der Waals surface area contributed by atoms with Gasteiger partial charge in [0.2, 0.25) is 0 Å². The molecular formula is C9H15N3. The van der Waals surface area contributed by atoms with Crippen LogP contribution in [0.1, 0.15) is 31.6 Å². The zero-order valence-corrected chi connectivity index (χ0v) is 7.62. The van der Waals surface area contributed by atoms with Gasteiger partial charge in [-0.25, -0.2) is 4.98 Å². The van der Waals surface area contributed by atoms with Gasteiger partial charge in [-0.15, -0.1) is 0 Å². The third-order valence-corrected chi connectivity index (χ3v) is 2.37. The largest absolute Gasteiger partial charge is 0.329 e. The van der Waals surface area contributed by atoms with E-state index in [1.807, 2.05) is 6.20 Å². The van der Waals surface area contributed by atoms with Gasteiger partial charge in [0, 0.05) is 31.4 Å². The summed E-state index contributed by atoms with van der Waals surface area (Å²) in [6.45, 7) is 6.56. The third-order valence-electron chi connectivity index (χ3n) is 2.37. The molecule has 0 spiro atoms. The minimum absolute atomic E-state index is 0.528. The number of hydrogen-bond donors (Lipinski definition) is 1. The van der Waals surface area contributed by atoms with Gasteiger partial charge in [-0.3, -0.25) is 0 Å². The van der Waals surface area contributed by atoms with Crippen LogP contribution in [0.15, 0.2) is 12.4 Å². The lowest BCUT2D eigenvalue weighted by Gasteiger charge is -2.30. The summed E-state index contributed by atoms with van der Waals surface area (Å²) in [6.07, 6.45) is 3.98. The summed E-state index contributed by atoms with van der Waals surface area (Å²) in [7, 11) is 0. The fourth-order valence-electron chi connectivity index (χ4n) is 1.55. The highest BCUT2D eigenvalue weighted by atomic mass is 15.2. The Morgan fingerprint density at radius 1 is 1.58 bits per heavy atom. The zero-order chi connectivity index (χ0) is 8.55. The van der Waals surface area contributed by atoms with Gasteiger partial charge in [-0.05, 0) is 0 Å². The van der Waals surface area contributed by atoms with Crippen LogP contribution in [0, 0.1) is 0 Å². The Bertz CT molecular complexity index is 260. The van der Waals surface area contributed by atoms with E-state index in [9.17, 15) is 0 Å². The van der Waals surface area contributed by atoms with Crippen molar-refractivity contribution in [1.29, 1.82) is 0 Å². The molecule has 2 rings (SSSR count). The standard InChI is InChI=1S/C9H15N3/c1-7(2)9-11-3-4-12(9)8-5-10-6-8/h3-4,7-8,10H,5-6H2,1-2H3.